The topological polar surface area (TPSA) is 114 Å². The van der Waals surface area contributed by atoms with Crippen molar-refractivity contribution in [3.63, 3.8) is 0 Å². The van der Waals surface area contributed by atoms with Crippen molar-refractivity contribution in [2.24, 2.45) is 5.73 Å². The number of ether oxygens (including phenoxy) is 4. The molecule has 0 unspecified atom stereocenters. The molecule has 3 fully saturated rings. The summed E-state index contributed by atoms with van der Waals surface area (Å²) in [6, 6.07) is 0. The van der Waals surface area contributed by atoms with Gasteiger partial charge in [-0.2, -0.15) is 0 Å². The number of alkyl carbamates (subject to hydrolysis) is 1. The van der Waals surface area contributed by atoms with Crippen LogP contribution in [0.4, 0.5) is 4.79 Å². The van der Waals surface area contributed by atoms with Crippen molar-refractivity contribution < 1.29 is 23.7 Å². The van der Waals surface area contributed by atoms with Crippen LogP contribution in [0.25, 0.3) is 0 Å². The SMILES string of the molecule is CC(C)(C)OC(=O)NCCN1CCOCC1.CNCCN1CCOCC1.NCCN1CCOCC1. The van der Waals surface area contributed by atoms with Crippen molar-refractivity contribution in [3.05, 3.63) is 0 Å². The van der Waals surface area contributed by atoms with Crippen LogP contribution in [0.1, 0.15) is 20.8 Å². The van der Waals surface area contributed by atoms with Gasteiger partial charge in [0.25, 0.3) is 0 Å². The Morgan fingerprint density at radius 1 is 0.771 bits per heavy atom. The van der Waals surface area contributed by atoms with Crippen molar-refractivity contribution in [3.8, 4) is 0 Å². The number of nitrogens with two attached hydrogens (primary N) is 1. The molecule has 0 spiro atoms. The first-order valence-corrected chi connectivity index (χ1v) is 13.1. The zero-order chi connectivity index (χ0) is 25.8. The Morgan fingerprint density at radius 2 is 1.17 bits per heavy atom. The minimum Gasteiger partial charge on any atom is -0.444 e. The summed E-state index contributed by atoms with van der Waals surface area (Å²) in [4.78, 5) is 18.3. The monoisotopic (exact) mass is 504 g/mol. The van der Waals surface area contributed by atoms with Gasteiger partial charge in [-0.1, -0.05) is 0 Å². The molecule has 3 saturated heterocycles. The Hall–Kier alpha value is -1.05. The Balaban J connectivity index is 0.000000278. The fourth-order valence-corrected chi connectivity index (χ4v) is 3.56. The summed E-state index contributed by atoms with van der Waals surface area (Å²) in [6.07, 6.45) is -0.347. The summed E-state index contributed by atoms with van der Waals surface area (Å²) in [6.45, 7) is 22.4. The van der Waals surface area contributed by atoms with Crippen molar-refractivity contribution >= 4 is 6.09 Å². The standard InChI is InChI=1S/C11H22N2O3.C7H16N2O.C6H14N2O/c1-11(2,3)16-10(14)12-4-5-13-6-8-15-9-7-13;1-8-2-3-9-4-6-10-7-5-9;7-1-2-8-3-5-9-6-4-8/h4-9H2,1-3H3,(H,12,14);8H,2-7H2,1H3;1-7H2. The normalized spacial score (nSPS) is 20.1. The number of rotatable bonds is 8. The number of likely N-dealkylation sites (N-methyl/N-ethyl adjacent to an activating group) is 1. The van der Waals surface area contributed by atoms with E-state index in [1.165, 1.54) is 0 Å². The molecule has 0 aliphatic carbocycles. The third-order valence-electron chi connectivity index (χ3n) is 5.53. The highest BCUT2D eigenvalue weighted by Crippen LogP contribution is 2.06. The number of hydrogen-bond donors (Lipinski definition) is 3. The number of nitrogens with one attached hydrogen (secondary N) is 2. The van der Waals surface area contributed by atoms with Gasteiger partial charge < -0.3 is 35.3 Å². The maximum absolute atomic E-state index is 11.3. The lowest BCUT2D eigenvalue weighted by Gasteiger charge is -2.26. The number of hydrogen-bond acceptors (Lipinski definition) is 10. The van der Waals surface area contributed by atoms with Gasteiger partial charge in [-0.3, -0.25) is 14.7 Å². The van der Waals surface area contributed by atoms with Gasteiger partial charge in [0, 0.05) is 78.5 Å². The molecule has 0 atom stereocenters. The second-order valence-corrected chi connectivity index (χ2v) is 9.68. The maximum atomic E-state index is 11.3. The molecule has 35 heavy (non-hydrogen) atoms. The molecule has 0 saturated carbocycles. The van der Waals surface area contributed by atoms with Crippen molar-refractivity contribution in [2.45, 2.75) is 26.4 Å². The first-order valence-electron chi connectivity index (χ1n) is 13.1. The summed E-state index contributed by atoms with van der Waals surface area (Å²) < 4.78 is 20.8. The van der Waals surface area contributed by atoms with E-state index in [0.29, 0.717) is 6.54 Å². The quantitative estimate of drug-likeness (QED) is 0.406. The molecule has 0 radical (unpaired) electrons. The molecule has 0 bridgehead atoms. The van der Waals surface area contributed by atoms with Crippen LogP contribution >= 0.6 is 0 Å². The summed E-state index contributed by atoms with van der Waals surface area (Å²) in [7, 11) is 1.99. The highest BCUT2D eigenvalue weighted by atomic mass is 16.6. The largest absolute Gasteiger partial charge is 0.444 e. The molecule has 11 heteroatoms. The van der Waals surface area contributed by atoms with E-state index in [0.717, 1.165) is 112 Å². The Labute approximate surface area is 212 Å². The van der Waals surface area contributed by atoms with E-state index in [4.69, 9.17) is 24.7 Å². The zero-order valence-corrected chi connectivity index (χ0v) is 22.7. The number of morpholine rings is 3. The molecule has 0 aromatic heterocycles. The third-order valence-corrected chi connectivity index (χ3v) is 5.53. The molecule has 1 amide bonds. The van der Waals surface area contributed by atoms with Crippen LogP contribution < -0.4 is 16.4 Å². The zero-order valence-electron chi connectivity index (χ0n) is 22.7. The van der Waals surface area contributed by atoms with Crippen LogP contribution in [0, 0.1) is 0 Å². The van der Waals surface area contributed by atoms with E-state index in [2.05, 4.69) is 25.3 Å². The van der Waals surface area contributed by atoms with E-state index >= 15 is 0 Å². The van der Waals surface area contributed by atoms with Crippen LogP contribution in [-0.4, -0.2) is 152 Å². The predicted octanol–water partition coefficient (Wildman–Crippen LogP) is -0.341. The van der Waals surface area contributed by atoms with E-state index in [1.807, 2.05) is 27.8 Å². The fourth-order valence-electron chi connectivity index (χ4n) is 3.56. The fraction of sp³-hybridized carbons (Fsp3) is 0.958. The van der Waals surface area contributed by atoms with Crippen molar-refractivity contribution in [1.82, 2.24) is 25.3 Å². The van der Waals surface area contributed by atoms with Crippen LogP contribution in [0.3, 0.4) is 0 Å². The van der Waals surface area contributed by atoms with Crippen LogP contribution in [0.2, 0.25) is 0 Å². The maximum Gasteiger partial charge on any atom is 0.407 e. The number of amides is 1. The predicted molar refractivity (Wildman–Crippen MR) is 139 cm³/mol. The molecule has 3 aliphatic rings. The smallest absolute Gasteiger partial charge is 0.407 e. The lowest BCUT2D eigenvalue weighted by Crippen LogP contribution is -2.42. The molecule has 0 aromatic carbocycles. The number of carbonyl (C=O) groups is 1. The van der Waals surface area contributed by atoms with Gasteiger partial charge >= 0.3 is 6.09 Å². The average molecular weight is 505 g/mol. The van der Waals surface area contributed by atoms with Gasteiger partial charge in [-0.05, 0) is 27.8 Å². The summed E-state index contributed by atoms with van der Waals surface area (Å²) >= 11 is 0. The van der Waals surface area contributed by atoms with E-state index in [1.54, 1.807) is 0 Å². The average Bonchev–Trinajstić information content (AvgIpc) is 2.85. The van der Waals surface area contributed by atoms with E-state index in [-0.39, 0.29) is 6.09 Å². The number of nitrogens with zero attached hydrogens (tertiary/aromatic N) is 3. The van der Waals surface area contributed by atoms with Gasteiger partial charge in [-0.15, -0.1) is 0 Å². The minimum absolute atomic E-state index is 0.347. The van der Waals surface area contributed by atoms with Gasteiger partial charge in [0.15, 0.2) is 0 Å². The summed E-state index contributed by atoms with van der Waals surface area (Å²) in [5.74, 6) is 0. The molecule has 3 heterocycles. The molecule has 3 rings (SSSR count). The second kappa shape index (κ2) is 20.1. The minimum atomic E-state index is -0.428. The molecular weight excluding hydrogens is 452 g/mol. The molecule has 4 N–H and O–H groups in total. The highest BCUT2D eigenvalue weighted by Gasteiger charge is 2.16. The van der Waals surface area contributed by atoms with Crippen molar-refractivity contribution in [2.75, 3.05) is 125 Å². The highest BCUT2D eigenvalue weighted by molar-refractivity contribution is 5.67. The molecule has 208 valence electrons. The summed E-state index contributed by atoms with van der Waals surface area (Å²) in [5, 5.41) is 5.88. The lowest BCUT2D eigenvalue weighted by molar-refractivity contribution is 0.0354. The molecular formula is C24H52N6O5. The van der Waals surface area contributed by atoms with E-state index in [9.17, 15) is 4.79 Å². The number of carbonyl (C=O) groups excluding carboxylic acids is 1. The summed E-state index contributed by atoms with van der Waals surface area (Å²) in [5.41, 5.74) is 4.95. The van der Waals surface area contributed by atoms with E-state index < -0.39 is 5.60 Å². The van der Waals surface area contributed by atoms with Crippen LogP contribution in [0.5, 0.6) is 0 Å². The first kappa shape index (κ1) is 32.0. The van der Waals surface area contributed by atoms with Gasteiger partial charge in [-0.25, -0.2) is 4.79 Å². The lowest BCUT2D eigenvalue weighted by atomic mass is 10.2. The molecule has 3 aliphatic heterocycles. The van der Waals surface area contributed by atoms with Crippen LogP contribution in [-0.2, 0) is 18.9 Å². The molecule has 11 nitrogen and oxygen atoms in total. The Bertz CT molecular complexity index is 502. The Morgan fingerprint density at radius 3 is 1.54 bits per heavy atom. The van der Waals surface area contributed by atoms with Crippen LogP contribution in [0.15, 0.2) is 0 Å². The van der Waals surface area contributed by atoms with Gasteiger partial charge in [0.2, 0.25) is 0 Å². The van der Waals surface area contributed by atoms with Gasteiger partial charge in [0.1, 0.15) is 5.60 Å². The van der Waals surface area contributed by atoms with Crippen molar-refractivity contribution in [1.29, 1.82) is 0 Å². The van der Waals surface area contributed by atoms with Gasteiger partial charge in [0.05, 0.1) is 39.6 Å². The Kier molecular flexibility index (Phi) is 18.3. The first-order chi connectivity index (χ1) is 16.8. The molecule has 0 aromatic rings. The third kappa shape index (κ3) is 18.8. The second-order valence-electron chi connectivity index (χ2n) is 9.68.